The van der Waals surface area contributed by atoms with E-state index in [9.17, 15) is 9.59 Å². The lowest BCUT2D eigenvalue weighted by atomic mass is 9.95. The van der Waals surface area contributed by atoms with Crippen molar-refractivity contribution in [3.05, 3.63) is 35.0 Å². The second-order valence-electron chi connectivity index (χ2n) is 6.70. The van der Waals surface area contributed by atoms with Crippen molar-refractivity contribution >= 4 is 22.6 Å². The summed E-state index contributed by atoms with van der Waals surface area (Å²) < 4.78 is 0. The van der Waals surface area contributed by atoms with E-state index in [2.05, 4.69) is 11.1 Å². The van der Waals surface area contributed by atoms with Gasteiger partial charge in [-0.05, 0) is 25.5 Å². The number of nitrogens with one attached hydrogen (secondary N) is 2. The molecule has 1 aromatic heterocycles. The number of aromatic nitrogens is 1. The smallest absolute Gasteiger partial charge is 0.220 e. The second-order valence-corrected chi connectivity index (χ2v) is 6.70. The normalized spacial score (nSPS) is 21.5. The van der Waals surface area contributed by atoms with Crippen molar-refractivity contribution in [2.45, 2.75) is 26.7 Å². The Morgan fingerprint density at radius 2 is 1.96 bits per heavy atom. The lowest BCUT2D eigenvalue weighted by Crippen LogP contribution is -3.14. The summed E-state index contributed by atoms with van der Waals surface area (Å²) in [5, 5.41) is 1.00. The number of primary amides is 1. The summed E-state index contributed by atoms with van der Waals surface area (Å²) in [5.74, 6) is -0.0602. The van der Waals surface area contributed by atoms with E-state index in [0.29, 0.717) is 6.54 Å². The molecule has 1 amide bonds. The van der Waals surface area contributed by atoms with Gasteiger partial charge >= 0.3 is 0 Å². The Balaban J connectivity index is 1.74. The Labute approximate surface area is 135 Å². The van der Waals surface area contributed by atoms with Crippen LogP contribution in [0.3, 0.4) is 0 Å². The molecule has 3 rings (SSSR count). The number of rotatable bonds is 4. The number of carbonyl (C=O) groups is 2. The number of benzene rings is 1. The summed E-state index contributed by atoms with van der Waals surface area (Å²) in [6, 6.07) is 6.14. The van der Waals surface area contributed by atoms with Crippen LogP contribution in [0.5, 0.6) is 0 Å². The van der Waals surface area contributed by atoms with E-state index in [0.717, 1.165) is 48.1 Å². The number of fused-ring (bicyclic) bond motifs is 1. The maximum absolute atomic E-state index is 12.8. The van der Waals surface area contributed by atoms with Gasteiger partial charge in [0.2, 0.25) is 11.7 Å². The molecule has 2 aromatic rings. The number of nitrogens with two attached hydrogens (primary N) is 1. The van der Waals surface area contributed by atoms with E-state index in [1.807, 2.05) is 26.0 Å². The van der Waals surface area contributed by atoms with Gasteiger partial charge in [0.05, 0.1) is 18.7 Å². The van der Waals surface area contributed by atoms with E-state index in [1.165, 1.54) is 10.5 Å². The Morgan fingerprint density at radius 1 is 1.26 bits per heavy atom. The fourth-order valence-electron chi connectivity index (χ4n) is 3.61. The Hall–Kier alpha value is -2.14. The standard InChI is InChI=1S/C18H23N3O2/c1-11-3-4-14-15(9-11)20-12(2)17(14)16(22)10-21-7-5-13(6-8-21)18(19)23/h3-4,9,13,20H,5-8,10H2,1-2H3,(H2,19,23)/p+1. The molecule has 0 aliphatic carbocycles. The van der Waals surface area contributed by atoms with E-state index < -0.39 is 0 Å². The number of hydrogen-bond donors (Lipinski definition) is 3. The molecule has 0 radical (unpaired) electrons. The van der Waals surface area contributed by atoms with Gasteiger partial charge in [-0.2, -0.15) is 0 Å². The summed E-state index contributed by atoms with van der Waals surface area (Å²) in [4.78, 5) is 28.6. The summed E-state index contributed by atoms with van der Waals surface area (Å²) in [6.45, 7) is 6.15. The molecule has 0 bridgehead atoms. The molecule has 122 valence electrons. The SMILES string of the molecule is Cc1ccc2c(C(=O)C[NH+]3CCC(C(N)=O)CC3)c(C)[nH]c2c1. The number of piperidine rings is 1. The number of amides is 1. The quantitative estimate of drug-likeness (QED) is 0.728. The monoisotopic (exact) mass is 314 g/mol. The number of quaternary nitrogens is 1. The number of carbonyl (C=O) groups excluding carboxylic acids is 2. The fraction of sp³-hybridized carbons (Fsp3) is 0.444. The summed E-state index contributed by atoms with van der Waals surface area (Å²) in [5.41, 5.74) is 9.31. The van der Waals surface area contributed by atoms with Crippen molar-refractivity contribution in [2.24, 2.45) is 11.7 Å². The number of ketones is 1. The van der Waals surface area contributed by atoms with Crippen LogP contribution in [0.2, 0.25) is 0 Å². The molecule has 4 N–H and O–H groups in total. The van der Waals surface area contributed by atoms with Crippen LogP contribution in [0.15, 0.2) is 18.2 Å². The maximum Gasteiger partial charge on any atom is 0.220 e. The molecule has 23 heavy (non-hydrogen) atoms. The first-order valence-electron chi connectivity index (χ1n) is 8.20. The number of aromatic amines is 1. The zero-order chi connectivity index (χ0) is 16.6. The second kappa shape index (κ2) is 6.16. The van der Waals surface area contributed by atoms with Crippen LogP contribution in [-0.2, 0) is 4.79 Å². The number of Topliss-reactive ketones (excluding diaryl/α,β-unsaturated/α-hetero) is 1. The predicted molar refractivity (Wildman–Crippen MR) is 89.6 cm³/mol. The Bertz CT molecular complexity index is 755. The van der Waals surface area contributed by atoms with Gasteiger partial charge < -0.3 is 15.6 Å². The van der Waals surface area contributed by atoms with E-state index in [4.69, 9.17) is 5.73 Å². The predicted octanol–water partition coefficient (Wildman–Crippen LogP) is 0.748. The lowest BCUT2D eigenvalue weighted by molar-refractivity contribution is -0.897. The van der Waals surface area contributed by atoms with Crippen LogP contribution < -0.4 is 10.6 Å². The molecule has 1 aliphatic heterocycles. The van der Waals surface area contributed by atoms with Crippen LogP contribution in [-0.4, -0.2) is 36.3 Å². The minimum atomic E-state index is -0.210. The fourth-order valence-corrected chi connectivity index (χ4v) is 3.61. The molecule has 5 nitrogen and oxygen atoms in total. The molecular formula is C18H24N3O2+. The molecular weight excluding hydrogens is 290 g/mol. The molecule has 5 heteroatoms. The van der Waals surface area contributed by atoms with Crippen molar-refractivity contribution in [3.63, 3.8) is 0 Å². The van der Waals surface area contributed by atoms with Crippen LogP contribution in [0.1, 0.15) is 34.5 Å². The summed E-state index contributed by atoms with van der Waals surface area (Å²) in [6.07, 6.45) is 1.56. The highest BCUT2D eigenvalue weighted by molar-refractivity contribution is 6.09. The largest absolute Gasteiger partial charge is 0.369 e. The van der Waals surface area contributed by atoms with Crippen LogP contribution >= 0.6 is 0 Å². The van der Waals surface area contributed by atoms with Crippen LogP contribution in [0.25, 0.3) is 10.9 Å². The first-order chi connectivity index (χ1) is 11.0. The van der Waals surface area contributed by atoms with Crippen molar-refractivity contribution in [1.82, 2.24) is 4.98 Å². The zero-order valence-corrected chi connectivity index (χ0v) is 13.7. The van der Waals surface area contributed by atoms with Gasteiger partial charge in [-0.3, -0.25) is 9.59 Å². The first-order valence-corrected chi connectivity index (χ1v) is 8.20. The van der Waals surface area contributed by atoms with Gasteiger partial charge in [-0.25, -0.2) is 0 Å². The molecule has 0 unspecified atom stereocenters. The molecule has 1 aliphatic rings. The van der Waals surface area contributed by atoms with Crippen LogP contribution in [0, 0.1) is 19.8 Å². The van der Waals surface area contributed by atoms with Gasteiger partial charge in [-0.15, -0.1) is 0 Å². The summed E-state index contributed by atoms with van der Waals surface area (Å²) in [7, 11) is 0. The number of aryl methyl sites for hydroxylation is 2. The van der Waals surface area contributed by atoms with Crippen molar-refractivity contribution < 1.29 is 14.5 Å². The van der Waals surface area contributed by atoms with Gasteiger partial charge in [0.1, 0.15) is 6.54 Å². The third-order valence-electron chi connectivity index (χ3n) is 4.93. The average molecular weight is 314 g/mol. The van der Waals surface area contributed by atoms with Gasteiger partial charge in [0.25, 0.3) is 0 Å². The number of H-pyrrole nitrogens is 1. The Morgan fingerprint density at radius 3 is 2.61 bits per heavy atom. The van der Waals surface area contributed by atoms with E-state index >= 15 is 0 Å². The maximum atomic E-state index is 12.8. The highest BCUT2D eigenvalue weighted by Gasteiger charge is 2.28. The topological polar surface area (TPSA) is 80.4 Å². The third-order valence-corrected chi connectivity index (χ3v) is 4.93. The van der Waals surface area contributed by atoms with E-state index in [1.54, 1.807) is 0 Å². The lowest BCUT2D eigenvalue weighted by Gasteiger charge is -2.27. The molecule has 1 aromatic carbocycles. The van der Waals surface area contributed by atoms with Crippen molar-refractivity contribution in [2.75, 3.05) is 19.6 Å². The molecule has 0 atom stereocenters. The highest BCUT2D eigenvalue weighted by Crippen LogP contribution is 2.23. The minimum Gasteiger partial charge on any atom is -0.369 e. The van der Waals surface area contributed by atoms with E-state index in [-0.39, 0.29) is 17.6 Å². The zero-order valence-electron chi connectivity index (χ0n) is 13.7. The van der Waals surface area contributed by atoms with Gasteiger partial charge in [-0.1, -0.05) is 12.1 Å². The third kappa shape index (κ3) is 3.15. The molecule has 0 spiro atoms. The molecule has 1 fully saturated rings. The summed E-state index contributed by atoms with van der Waals surface area (Å²) >= 11 is 0. The number of likely N-dealkylation sites (tertiary alicyclic amines) is 1. The highest BCUT2D eigenvalue weighted by atomic mass is 16.1. The minimum absolute atomic E-state index is 0.0216. The van der Waals surface area contributed by atoms with Crippen molar-refractivity contribution in [1.29, 1.82) is 0 Å². The van der Waals surface area contributed by atoms with Gasteiger partial charge in [0.15, 0.2) is 0 Å². The van der Waals surface area contributed by atoms with Crippen LogP contribution in [0.4, 0.5) is 0 Å². The van der Waals surface area contributed by atoms with Gasteiger partial charge in [0, 0.05) is 35.4 Å². The molecule has 2 heterocycles. The first kappa shape index (κ1) is 15.7. The van der Waals surface area contributed by atoms with Crippen molar-refractivity contribution in [3.8, 4) is 0 Å². The molecule has 1 saturated heterocycles. The average Bonchev–Trinajstić information content (AvgIpc) is 2.82. The Kier molecular flexibility index (Phi) is 4.22. The number of hydrogen-bond acceptors (Lipinski definition) is 2. The molecule has 0 saturated carbocycles.